The van der Waals surface area contributed by atoms with E-state index in [4.69, 9.17) is 5.73 Å². The lowest BCUT2D eigenvalue weighted by molar-refractivity contribution is 0.100. The Kier molecular flexibility index (Phi) is 4.92. The molecule has 0 aliphatic carbocycles. The van der Waals surface area contributed by atoms with Crippen LogP contribution in [0, 0.1) is 0 Å². The highest BCUT2D eigenvalue weighted by atomic mass is 16.2. The third-order valence-electron chi connectivity index (χ3n) is 5.18. The van der Waals surface area contributed by atoms with Gasteiger partial charge < -0.3 is 10.6 Å². The van der Waals surface area contributed by atoms with Gasteiger partial charge >= 0.3 is 5.69 Å². The Morgan fingerprint density at radius 3 is 2.61 bits per heavy atom. The first kappa shape index (κ1) is 18.0. The second-order valence-corrected chi connectivity index (χ2v) is 6.96. The molecule has 0 saturated carbocycles. The molecule has 8 heteroatoms. The number of anilines is 1. The van der Waals surface area contributed by atoms with Gasteiger partial charge in [-0.25, -0.2) is 14.9 Å². The number of benzene rings is 1. The number of H-pyrrole nitrogens is 1. The normalized spacial score (nSPS) is 14.9. The number of piperidine rings is 1. The molecule has 1 amide bonds. The van der Waals surface area contributed by atoms with Crippen LogP contribution >= 0.6 is 0 Å². The largest absolute Gasteiger partial charge is 0.365 e. The number of aromatic nitrogens is 4. The molecular weight excluding hydrogens is 356 g/mol. The third-order valence-corrected chi connectivity index (χ3v) is 5.18. The van der Waals surface area contributed by atoms with Gasteiger partial charge in [0.25, 0.3) is 5.91 Å². The monoisotopic (exact) mass is 378 g/mol. The predicted octanol–water partition coefficient (Wildman–Crippen LogP) is 1.50. The van der Waals surface area contributed by atoms with Crippen molar-refractivity contribution < 1.29 is 4.79 Å². The highest BCUT2D eigenvalue weighted by molar-refractivity contribution is 5.97. The minimum Gasteiger partial charge on any atom is -0.365 e. The first-order valence-corrected chi connectivity index (χ1v) is 9.32. The molecule has 1 aliphatic heterocycles. The summed E-state index contributed by atoms with van der Waals surface area (Å²) in [4.78, 5) is 30.4. The second-order valence-electron chi connectivity index (χ2n) is 6.96. The van der Waals surface area contributed by atoms with Gasteiger partial charge in [0.1, 0.15) is 11.6 Å². The number of carbonyl (C=O) groups is 1. The van der Waals surface area contributed by atoms with E-state index in [0.29, 0.717) is 31.0 Å². The number of nitrogens with zero attached hydrogens (tertiary/aromatic N) is 4. The molecule has 3 heterocycles. The summed E-state index contributed by atoms with van der Waals surface area (Å²) in [5, 5.41) is 6.89. The van der Waals surface area contributed by atoms with Crippen molar-refractivity contribution in [1.82, 2.24) is 19.7 Å². The fourth-order valence-electron chi connectivity index (χ4n) is 3.75. The number of primary amides is 1. The molecular formula is C20H22N6O2. The number of carbonyl (C=O) groups excluding carboxylic acids is 1. The third kappa shape index (κ3) is 3.53. The van der Waals surface area contributed by atoms with Gasteiger partial charge in [-0.3, -0.25) is 9.36 Å². The molecule has 144 valence electrons. The maximum absolute atomic E-state index is 12.3. The summed E-state index contributed by atoms with van der Waals surface area (Å²) in [6, 6.07) is 13.3. The van der Waals surface area contributed by atoms with Gasteiger partial charge in [-0.1, -0.05) is 30.3 Å². The number of nitrogens with two attached hydrogens (primary N) is 1. The van der Waals surface area contributed by atoms with Gasteiger partial charge in [0.05, 0.1) is 12.1 Å². The number of amides is 1. The molecule has 1 aliphatic rings. The maximum atomic E-state index is 12.3. The van der Waals surface area contributed by atoms with Crippen LogP contribution in [0.2, 0.25) is 0 Å². The molecule has 0 bridgehead atoms. The zero-order chi connectivity index (χ0) is 19.5. The van der Waals surface area contributed by atoms with Crippen molar-refractivity contribution in [1.29, 1.82) is 0 Å². The highest BCUT2D eigenvalue weighted by Crippen LogP contribution is 2.29. The fraction of sp³-hybridized carbons (Fsp3) is 0.300. The molecule has 0 unspecified atom stereocenters. The van der Waals surface area contributed by atoms with E-state index in [1.165, 1.54) is 0 Å². The van der Waals surface area contributed by atoms with Crippen molar-refractivity contribution in [3.05, 3.63) is 76.1 Å². The number of nitrogens with one attached hydrogen (secondary N) is 1. The molecule has 1 fully saturated rings. The molecule has 8 nitrogen and oxygen atoms in total. The second kappa shape index (κ2) is 7.67. The van der Waals surface area contributed by atoms with Crippen LogP contribution in [0.15, 0.2) is 53.5 Å². The quantitative estimate of drug-likeness (QED) is 0.699. The van der Waals surface area contributed by atoms with Gasteiger partial charge in [-0.2, -0.15) is 5.10 Å². The SMILES string of the molecule is NC(=O)c1cccnc1N1CCC(c2n[nH]c(=O)n2Cc2ccccc2)CC1. The first-order chi connectivity index (χ1) is 13.6. The van der Waals surface area contributed by atoms with Gasteiger partial charge in [-0.15, -0.1) is 0 Å². The van der Waals surface area contributed by atoms with Crippen molar-refractivity contribution in [2.24, 2.45) is 5.73 Å². The van der Waals surface area contributed by atoms with E-state index in [-0.39, 0.29) is 11.6 Å². The summed E-state index contributed by atoms with van der Waals surface area (Å²) in [6.45, 7) is 1.93. The van der Waals surface area contributed by atoms with Crippen molar-refractivity contribution >= 4 is 11.7 Å². The van der Waals surface area contributed by atoms with Crippen molar-refractivity contribution in [3.8, 4) is 0 Å². The van der Waals surface area contributed by atoms with E-state index in [2.05, 4.69) is 20.1 Å². The zero-order valence-corrected chi connectivity index (χ0v) is 15.4. The van der Waals surface area contributed by atoms with Crippen LogP contribution in [-0.4, -0.2) is 38.7 Å². The number of rotatable bonds is 5. The Hall–Kier alpha value is -3.42. The molecule has 4 rings (SSSR count). The lowest BCUT2D eigenvalue weighted by atomic mass is 9.95. The Bertz CT molecular complexity index is 1020. The summed E-state index contributed by atoms with van der Waals surface area (Å²) < 4.78 is 1.71. The van der Waals surface area contributed by atoms with Gasteiger partial charge in [0.15, 0.2) is 0 Å². The van der Waals surface area contributed by atoms with Gasteiger partial charge in [0, 0.05) is 25.2 Å². The highest BCUT2D eigenvalue weighted by Gasteiger charge is 2.27. The van der Waals surface area contributed by atoms with Crippen LogP contribution in [0.25, 0.3) is 0 Å². The fourth-order valence-corrected chi connectivity index (χ4v) is 3.75. The predicted molar refractivity (Wildman–Crippen MR) is 105 cm³/mol. The minimum atomic E-state index is -0.478. The average Bonchev–Trinajstić information content (AvgIpc) is 3.09. The standard InChI is InChI=1S/C20H22N6O2/c21-17(27)16-7-4-10-22-19(16)25-11-8-15(9-12-25)18-23-24-20(28)26(18)13-14-5-2-1-3-6-14/h1-7,10,15H,8-9,11-13H2,(H2,21,27)(H,24,28). The lowest BCUT2D eigenvalue weighted by Gasteiger charge is -2.33. The van der Waals surface area contributed by atoms with Crippen molar-refractivity contribution in [3.63, 3.8) is 0 Å². The van der Waals surface area contributed by atoms with E-state index in [0.717, 1.165) is 24.2 Å². The first-order valence-electron chi connectivity index (χ1n) is 9.32. The number of hydrogen-bond acceptors (Lipinski definition) is 5. The van der Waals surface area contributed by atoms with Crippen LogP contribution in [-0.2, 0) is 6.54 Å². The van der Waals surface area contributed by atoms with E-state index < -0.39 is 5.91 Å². The van der Waals surface area contributed by atoms with Gasteiger partial charge in [0.2, 0.25) is 0 Å². The van der Waals surface area contributed by atoms with Crippen molar-refractivity contribution in [2.75, 3.05) is 18.0 Å². The summed E-state index contributed by atoms with van der Waals surface area (Å²) in [5.41, 5.74) is 6.78. The minimum absolute atomic E-state index is 0.166. The molecule has 0 atom stereocenters. The topological polar surface area (TPSA) is 110 Å². The van der Waals surface area contributed by atoms with E-state index in [1.807, 2.05) is 30.3 Å². The van der Waals surface area contributed by atoms with Crippen LogP contribution in [0.5, 0.6) is 0 Å². The van der Waals surface area contributed by atoms with Crippen LogP contribution in [0.1, 0.15) is 40.5 Å². The van der Waals surface area contributed by atoms with Crippen molar-refractivity contribution in [2.45, 2.75) is 25.3 Å². The molecule has 28 heavy (non-hydrogen) atoms. The lowest BCUT2D eigenvalue weighted by Crippen LogP contribution is -2.36. The number of hydrogen-bond donors (Lipinski definition) is 2. The Morgan fingerprint density at radius 1 is 1.14 bits per heavy atom. The molecule has 3 aromatic rings. The van der Waals surface area contributed by atoms with Gasteiger partial charge in [-0.05, 0) is 30.5 Å². The van der Waals surface area contributed by atoms with Crippen LogP contribution in [0.3, 0.4) is 0 Å². The summed E-state index contributed by atoms with van der Waals surface area (Å²) in [5.74, 6) is 1.09. The zero-order valence-electron chi connectivity index (χ0n) is 15.4. The average molecular weight is 378 g/mol. The molecule has 1 saturated heterocycles. The molecule has 0 radical (unpaired) electrons. The summed E-state index contributed by atoms with van der Waals surface area (Å²) in [6.07, 6.45) is 3.29. The molecule has 0 spiro atoms. The maximum Gasteiger partial charge on any atom is 0.343 e. The molecule has 2 aromatic heterocycles. The number of pyridine rings is 1. The molecule has 1 aromatic carbocycles. The van der Waals surface area contributed by atoms with Crippen LogP contribution in [0.4, 0.5) is 5.82 Å². The van der Waals surface area contributed by atoms with E-state index in [9.17, 15) is 9.59 Å². The Labute approximate surface area is 162 Å². The van der Waals surface area contributed by atoms with Crippen LogP contribution < -0.4 is 16.3 Å². The number of aromatic amines is 1. The molecule has 3 N–H and O–H groups in total. The smallest absolute Gasteiger partial charge is 0.343 e. The summed E-state index contributed by atoms with van der Waals surface area (Å²) >= 11 is 0. The summed E-state index contributed by atoms with van der Waals surface area (Å²) in [7, 11) is 0. The Morgan fingerprint density at radius 2 is 1.89 bits per heavy atom. The van der Waals surface area contributed by atoms with E-state index in [1.54, 1.807) is 22.9 Å². The van der Waals surface area contributed by atoms with E-state index >= 15 is 0 Å². The Balaban J connectivity index is 1.51.